The first-order valence-electron chi connectivity index (χ1n) is 5.94. The Labute approximate surface area is 121 Å². The Bertz CT molecular complexity index is 453. The van der Waals surface area contributed by atoms with Gasteiger partial charge in [-0.25, -0.2) is 4.79 Å². The zero-order valence-corrected chi connectivity index (χ0v) is 12.2. The Morgan fingerprint density at radius 2 is 2.20 bits per heavy atom. The molecule has 0 saturated carbocycles. The van der Waals surface area contributed by atoms with Crippen LogP contribution in [0.5, 0.6) is 0 Å². The predicted octanol–water partition coefficient (Wildman–Crippen LogP) is 0.674. The molecule has 0 aliphatic heterocycles. The van der Waals surface area contributed by atoms with Crippen LogP contribution in [-0.4, -0.2) is 62.8 Å². The molecular weight excluding hydrogens is 280 g/mol. The van der Waals surface area contributed by atoms with Crippen LogP contribution < -0.4 is 0 Å². The van der Waals surface area contributed by atoms with E-state index < -0.39 is 11.2 Å². The van der Waals surface area contributed by atoms with Crippen molar-refractivity contribution in [1.82, 2.24) is 19.7 Å². The lowest BCUT2D eigenvalue weighted by Crippen LogP contribution is -2.35. The number of amides is 1. The van der Waals surface area contributed by atoms with Crippen LogP contribution in [0.15, 0.2) is 36.8 Å². The summed E-state index contributed by atoms with van der Waals surface area (Å²) in [6.45, 7) is 8.26. The van der Waals surface area contributed by atoms with Gasteiger partial charge in [0.05, 0.1) is 6.61 Å². The second-order valence-electron chi connectivity index (χ2n) is 3.78. The van der Waals surface area contributed by atoms with Gasteiger partial charge in [-0.3, -0.25) is 0 Å². The number of nitrogens with zero attached hydrogens (tertiary/aromatic N) is 4. The van der Waals surface area contributed by atoms with E-state index in [0.29, 0.717) is 19.7 Å². The Balaban J connectivity index is 2.76. The van der Waals surface area contributed by atoms with Crippen LogP contribution in [0.3, 0.4) is 0 Å². The SMILES string of the molecule is C=CCN(CC=C)C(=O)n1cnc([S+]([O-])CCOC)n1. The van der Waals surface area contributed by atoms with E-state index in [1.807, 2.05) is 0 Å². The largest absolute Gasteiger partial charge is 0.609 e. The van der Waals surface area contributed by atoms with E-state index in [1.165, 1.54) is 18.3 Å². The summed E-state index contributed by atoms with van der Waals surface area (Å²) in [6, 6.07) is -0.368. The first kappa shape index (κ1) is 16.4. The van der Waals surface area contributed by atoms with Crippen molar-refractivity contribution in [2.45, 2.75) is 5.16 Å². The summed E-state index contributed by atoms with van der Waals surface area (Å²) in [4.78, 5) is 17.5. The third-order valence-electron chi connectivity index (χ3n) is 2.31. The average molecular weight is 298 g/mol. The molecule has 110 valence electrons. The van der Waals surface area contributed by atoms with E-state index in [-0.39, 0.29) is 16.9 Å². The van der Waals surface area contributed by atoms with Gasteiger partial charge in [-0.1, -0.05) is 17.3 Å². The fourth-order valence-electron chi connectivity index (χ4n) is 1.38. The van der Waals surface area contributed by atoms with E-state index in [4.69, 9.17) is 4.74 Å². The van der Waals surface area contributed by atoms with Crippen molar-refractivity contribution in [3.8, 4) is 0 Å². The molecule has 0 radical (unpaired) electrons. The summed E-state index contributed by atoms with van der Waals surface area (Å²) in [5.74, 6) is 0.289. The number of methoxy groups -OCH3 is 1. The topological polar surface area (TPSA) is 83.3 Å². The number of hydrogen-bond donors (Lipinski definition) is 0. The van der Waals surface area contributed by atoms with Crippen molar-refractivity contribution in [3.63, 3.8) is 0 Å². The lowest BCUT2D eigenvalue weighted by Gasteiger charge is -2.17. The van der Waals surface area contributed by atoms with Crippen LogP contribution in [0.25, 0.3) is 0 Å². The molecule has 1 rings (SSSR count). The highest BCUT2D eigenvalue weighted by molar-refractivity contribution is 7.91. The van der Waals surface area contributed by atoms with Crippen molar-refractivity contribution in [2.24, 2.45) is 0 Å². The maximum atomic E-state index is 12.1. The van der Waals surface area contributed by atoms with Gasteiger partial charge in [0.15, 0.2) is 0 Å². The molecule has 1 amide bonds. The van der Waals surface area contributed by atoms with Gasteiger partial charge >= 0.3 is 11.2 Å². The summed E-state index contributed by atoms with van der Waals surface area (Å²) >= 11 is -1.38. The zero-order chi connectivity index (χ0) is 15.0. The van der Waals surface area contributed by atoms with Gasteiger partial charge in [-0.15, -0.1) is 13.2 Å². The molecule has 1 atom stereocenters. The first-order valence-corrected chi connectivity index (χ1v) is 7.26. The molecule has 0 N–H and O–H groups in total. The summed E-state index contributed by atoms with van der Waals surface area (Å²) in [5, 5.41) is 4.06. The lowest BCUT2D eigenvalue weighted by molar-refractivity contribution is 0.206. The maximum Gasteiger partial charge on any atom is 0.361 e. The number of rotatable bonds is 8. The Morgan fingerprint density at radius 1 is 1.55 bits per heavy atom. The van der Waals surface area contributed by atoms with Gasteiger partial charge in [0.2, 0.25) is 0 Å². The van der Waals surface area contributed by atoms with Crippen LogP contribution in [-0.2, 0) is 15.9 Å². The van der Waals surface area contributed by atoms with Crippen molar-refractivity contribution in [1.29, 1.82) is 0 Å². The molecule has 8 heteroatoms. The highest BCUT2D eigenvalue weighted by Gasteiger charge is 2.21. The monoisotopic (exact) mass is 298 g/mol. The molecule has 0 fully saturated rings. The molecule has 0 aromatic carbocycles. The normalized spacial score (nSPS) is 11.9. The second-order valence-corrected chi connectivity index (χ2v) is 5.24. The molecule has 0 aliphatic rings. The number of carbonyl (C=O) groups excluding carboxylic acids is 1. The summed E-state index contributed by atoms with van der Waals surface area (Å²) < 4.78 is 17.7. The van der Waals surface area contributed by atoms with Crippen LogP contribution in [0.2, 0.25) is 0 Å². The molecule has 0 aliphatic carbocycles. The van der Waals surface area contributed by atoms with E-state index in [0.717, 1.165) is 4.68 Å². The van der Waals surface area contributed by atoms with Crippen LogP contribution >= 0.6 is 0 Å². The van der Waals surface area contributed by atoms with Gasteiger partial charge in [-0.2, -0.15) is 9.67 Å². The Hall–Kier alpha value is -1.64. The molecule has 1 aromatic heterocycles. The number of hydrogen-bond acceptors (Lipinski definition) is 5. The predicted molar refractivity (Wildman–Crippen MR) is 75.9 cm³/mol. The van der Waals surface area contributed by atoms with Gasteiger partial charge in [0.1, 0.15) is 12.1 Å². The summed E-state index contributed by atoms with van der Waals surface area (Å²) in [5.41, 5.74) is 0. The highest BCUT2D eigenvalue weighted by Crippen LogP contribution is 2.05. The Morgan fingerprint density at radius 3 is 2.75 bits per heavy atom. The summed E-state index contributed by atoms with van der Waals surface area (Å²) in [6.07, 6.45) is 4.47. The van der Waals surface area contributed by atoms with Crippen molar-refractivity contribution in [2.75, 3.05) is 32.6 Å². The lowest BCUT2D eigenvalue weighted by atomic mass is 10.5. The molecule has 1 aromatic rings. The van der Waals surface area contributed by atoms with E-state index in [1.54, 1.807) is 12.2 Å². The fourth-order valence-corrected chi connectivity index (χ4v) is 2.23. The van der Waals surface area contributed by atoms with E-state index in [9.17, 15) is 9.35 Å². The highest BCUT2D eigenvalue weighted by atomic mass is 32.2. The number of aromatic nitrogens is 3. The van der Waals surface area contributed by atoms with Crippen LogP contribution in [0, 0.1) is 0 Å². The third kappa shape index (κ3) is 4.48. The smallest absolute Gasteiger partial charge is 0.361 e. The molecule has 20 heavy (non-hydrogen) atoms. The van der Waals surface area contributed by atoms with Gasteiger partial charge in [0.25, 0.3) is 0 Å². The first-order chi connectivity index (χ1) is 9.63. The third-order valence-corrected chi connectivity index (χ3v) is 3.44. The van der Waals surface area contributed by atoms with E-state index in [2.05, 4.69) is 23.2 Å². The van der Waals surface area contributed by atoms with Gasteiger partial charge < -0.3 is 14.2 Å². The number of ether oxygens (including phenoxy) is 1. The van der Waals surface area contributed by atoms with Crippen LogP contribution in [0.1, 0.15) is 0 Å². The minimum absolute atomic E-state index is 0.118. The average Bonchev–Trinajstić information content (AvgIpc) is 2.93. The number of carbonyl (C=O) groups is 1. The van der Waals surface area contributed by atoms with Gasteiger partial charge in [-0.05, 0) is 0 Å². The van der Waals surface area contributed by atoms with Crippen LogP contribution in [0.4, 0.5) is 4.79 Å². The van der Waals surface area contributed by atoms with Crippen molar-refractivity contribution >= 4 is 17.2 Å². The molecule has 7 nitrogen and oxygen atoms in total. The molecular formula is C12H18N4O3S. The fraction of sp³-hybridized carbons (Fsp3) is 0.417. The quantitative estimate of drug-likeness (QED) is 0.520. The molecule has 0 bridgehead atoms. The molecule has 0 spiro atoms. The van der Waals surface area contributed by atoms with E-state index >= 15 is 0 Å². The minimum Gasteiger partial charge on any atom is -0.609 e. The maximum absolute atomic E-state index is 12.1. The molecule has 1 heterocycles. The summed E-state index contributed by atoms with van der Waals surface area (Å²) in [7, 11) is 1.52. The standard InChI is InChI=1S/C12H18N4O3S/c1-4-6-15(7-5-2)12(17)16-10-13-11(14-16)20(18)9-8-19-3/h4-5,10H,1-2,6-9H2,3H3. The molecule has 0 saturated heterocycles. The Kier molecular flexibility index (Phi) is 6.99. The van der Waals surface area contributed by atoms with Crippen molar-refractivity contribution in [3.05, 3.63) is 31.6 Å². The zero-order valence-electron chi connectivity index (χ0n) is 11.4. The minimum atomic E-state index is -1.38. The van der Waals surface area contributed by atoms with Crippen molar-refractivity contribution < 1.29 is 14.1 Å². The molecule has 1 unspecified atom stereocenters. The second kappa shape index (κ2) is 8.51. The van der Waals surface area contributed by atoms with Gasteiger partial charge in [0, 0.05) is 31.4 Å².